The lowest BCUT2D eigenvalue weighted by atomic mass is 10.1. The highest BCUT2D eigenvalue weighted by atomic mass is 35.5. The van der Waals surface area contributed by atoms with Gasteiger partial charge >= 0.3 is 0 Å². The van der Waals surface area contributed by atoms with Crippen LogP contribution >= 0.6 is 11.6 Å². The fourth-order valence-corrected chi connectivity index (χ4v) is 2.38. The molecule has 3 rings (SSSR count). The number of benzene rings is 2. The van der Waals surface area contributed by atoms with E-state index in [1.54, 1.807) is 12.1 Å². The normalized spacial score (nSPS) is 13.1. The third-order valence-electron chi connectivity index (χ3n) is 3.22. The van der Waals surface area contributed by atoms with Gasteiger partial charge in [0.15, 0.2) is 0 Å². The molecule has 2 aromatic rings. The van der Waals surface area contributed by atoms with Crippen molar-refractivity contribution in [1.29, 1.82) is 0 Å². The van der Waals surface area contributed by atoms with Crippen molar-refractivity contribution < 1.29 is 4.79 Å². The van der Waals surface area contributed by atoms with Gasteiger partial charge in [-0.25, -0.2) is 0 Å². The minimum absolute atomic E-state index is 0.136. The molecule has 2 aromatic carbocycles. The Morgan fingerprint density at radius 1 is 1.11 bits per heavy atom. The van der Waals surface area contributed by atoms with Gasteiger partial charge in [-0.3, -0.25) is 4.79 Å². The lowest BCUT2D eigenvalue weighted by Crippen LogP contribution is -2.12. The molecule has 19 heavy (non-hydrogen) atoms. The molecule has 1 aliphatic heterocycles. The van der Waals surface area contributed by atoms with Gasteiger partial charge < -0.3 is 10.6 Å². The Morgan fingerprint density at radius 3 is 2.74 bits per heavy atom. The minimum Gasteiger partial charge on any atom is -0.321 e. The maximum Gasteiger partial charge on any atom is 0.255 e. The summed E-state index contributed by atoms with van der Waals surface area (Å²) in [6, 6.07) is 13.0. The number of carbonyl (C=O) groups excluding carboxylic acids is 1. The molecule has 0 bridgehead atoms. The molecule has 0 unspecified atom stereocenters. The van der Waals surface area contributed by atoms with Crippen LogP contribution in [0.25, 0.3) is 0 Å². The quantitative estimate of drug-likeness (QED) is 0.881. The van der Waals surface area contributed by atoms with Crippen LogP contribution in [0.15, 0.2) is 42.5 Å². The summed E-state index contributed by atoms with van der Waals surface area (Å²) in [6.45, 7) is 1.70. The van der Waals surface area contributed by atoms with Gasteiger partial charge in [0.05, 0.1) is 10.7 Å². The Morgan fingerprint density at radius 2 is 1.89 bits per heavy atom. The Bertz CT molecular complexity index is 640. The first-order valence-electron chi connectivity index (χ1n) is 6.12. The van der Waals surface area contributed by atoms with E-state index >= 15 is 0 Å². The summed E-state index contributed by atoms with van der Waals surface area (Å²) >= 11 is 6.02. The van der Waals surface area contributed by atoms with E-state index in [0.717, 1.165) is 13.1 Å². The molecule has 3 nitrogen and oxygen atoms in total. The van der Waals surface area contributed by atoms with Crippen LogP contribution < -0.4 is 10.6 Å². The summed E-state index contributed by atoms with van der Waals surface area (Å²) in [5.74, 6) is -0.136. The van der Waals surface area contributed by atoms with Crippen molar-refractivity contribution in [3.63, 3.8) is 0 Å². The average Bonchev–Trinajstić information content (AvgIpc) is 2.88. The summed E-state index contributed by atoms with van der Waals surface area (Å²) in [5.41, 5.74) is 3.73. The zero-order valence-electron chi connectivity index (χ0n) is 10.2. The summed E-state index contributed by atoms with van der Waals surface area (Å²) < 4.78 is 0. The number of halogens is 1. The van der Waals surface area contributed by atoms with Gasteiger partial charge in [0, 0.05) is 18.7 Å². The molecule has 96 valence electrons. The number of rotatable bonds is 2. The summed E-state index contributed by atoms with van der Waals surface area (Å²) in [7, 11) is 0. The van der Waals surface area contributed by atoms with Crippen molar-refractivity contribution >= 4 is 23.2 Å². The first-order chi connectivity index (χ1) is 9.24. The van der Waals surface area contributed by atoms with Gasteiger partial charge in [0.25, 0.3) is 5.91 Å². The Kier molecular flexibility index (Phi) is 3.23. The fraction of sp³-hybridized carbons (Fsp3) is 0.133. The lowest BCUT2D eigenvalue weighted by molar-refractivity contribution is 0.102. The molecule has 0 saturated carbocycles. The van der Waals surface area contributed by atoms with Crippen LogP contribution in [0.3, 0.4) is 0 Å². The van der Waals surface area contributed by atoms with E-state index in [0.29, 0.717) is 16.3 Å². The number of hydrogen-bond acceptors (Lipinski definition) is 2. The Hall–Kier alpha value is -1.84. The van der Waals surface area contributed by atoms with E-state index in [9.17, 15) is 4.79 Å². The first kappa shape index (κ1) is 12.2. The molecule has 1 heterocycles. The SMILES string of the molecule is O=C(Nc1ccccc1Cl)c1ccc2c(c1)CNC2. The highest BCUT2D eigenvalue weighted by Crippen LogP contribution is 2.22. The zero-order valence-corrected chi connectivity index (χ0v) is 11.0. The molecular formula is C15H13ClN2O. The van der Waals surface area contributed by atoms with Crippen LogP contribution in [0.5, 0.6) is 0 Å². The molecule has 0 atom stereocenters. The number of hydrogen-bond donors (Lipinski definition) is 2. The van der Waals surface area contributed by atoms with Crippen LogP contribution in [0.4, 0.5) is 5.69 Å². The number of para-hydroxylation sites is 1. The van der Waals surface area contributed by atoms with Crippen molar-refractivity contribution in [2.75, 3.05) is 5.32 Å². The molecule has 0 aliphatic carbocycles. The van der Waals surface area contributed by atoms with Crippen LogP contribution in [-0.4, -0.2) is 5.91 Å². The van der Waals surface area contributed by atoms with Gasteiger partial charge in [0.1, 0.15) is 0 Å². The monoisotopic (exact) mass is 272 g/mol. The van der Waals surface area contributed by atoms with Crippen molar-refractivity contribution in [2.24, 2.45) is 0 Å². The molecule has 0 saturated heterocycles. The van der Waals surface area contributed by atoms with Gasteiger partial charge in [-0.2, -0.15) is 0 Å². The highest BCUT2D eigenvalue weighted by Gasteiger charge is 2.14. The van der Waals surface area contributed by atoms with Gasteiger partial charge in [0.2, 0.25) is 0 Å². The van der Waals surface area contributed by atoms with E-state index in [1.807, 2.05) is 30.3 Å². The van der Waals surface area contributed by atoms with Crippen LogP contribution in [-0.2, 0) is 13.1 Å². The first-order valence-corrected chi connectivity index (χ1v) is 6.50. The smallest absolute Gasteiger partial charge is 0.255 e. The molecule has 0 radical (unpaired) electrons. The molecule has 4 heteroatoms. The van der Waals surface area contributed by atoms with Crippen molar-refractivity contribution in [2.45, 2.75) is 13.1 Å². The molecular weight excluding hydrogens is 260 g/mol. The largest absolute Gasteiger partial charge is 0.321 e. The number of nitrogens with one attached hydrogen (secondary N) is 2. The molecule has 1 amide bonds. The number of carbonyl (C=O) groups is 1. The van der Waals surface area contributed by atoms with Crippen LogP contribution in [0.2, 0.25) is 5.02 Å². The molecule has 2 N–H and O–H groups in total. The maximum absolute atomic E-state index is 12.2. The standard InChI is InChI=1S/C15H13ClN2O/c16-13-3-1-2-4-14(13)18-15(19)10-5-6-11-8-17-9-12(11)7-10/h1-7,17H,8-9H2,(H,18,19). The summed E-state index contributed by atoms with van der Waals surface area (Å²) in [5, 5.41) is 6.63. The van der Waals surface area contributed by atoms with Crippen LogP contribution in [0, 0.1) is 0 Å². The zero-order chi connectivity index (χ0) is 13.2. The highest BCUT2D eigenvalue weighted by molar-refractivity contribution is 6.33. The Labute approximate surface area is 116 Å². The van der Waals surface area contributed by atoms with E-state index in [1.165, 1.54) is 11.1 Å². The van der Waals surface area contributed by atoms with Crippen molar-refractivity contribution in [3.8, 4) is 0 Å². The van der Waals surface area contributed by atoms with Gasteiger partial charge in [-0.15, -0.1) is 0 Å². The second-order valence-corrected chi connectivity index (χ2v) is 4.93. The Balaban J connectivity index is 1.83. The van der Waals surface area contributed by atoms with E-state index in [2.05, 4.69) is 10.6 Å². The maximum atomic E-state index is 12.2. The van der Waals surface area contributed by atoms with E-state index in [4.69, 9.17) is 11.6 Å². The number of anilines is 1. The lowest BCUT2D eigenvalue weighted by Gasteiger charge is -2.08. The number of amides is 1. The minimum atomic E-state index is -0.136. The van der Waals surface area contributed by atoms with E-state index in [-0.39, 0.29) is 5.91 Å². The molecule has 0 spiro atoms. The van der Waals surface area contributed by atoms with Crippen molar-refractivity contribution in [1.82, 2.24) is 5.32 Å². The fourth-order valence-electron chi connectivity index (χ4n) is 2.19. The number of fused-ring (bicyclic) bond motifs is 1. The van der Waals surface area contributed by atoms with Crippen LogP contribution in [0.1, 0.15) is 21.5 Å². The predicted octanol–water partition coefficient (Wildman–Crippen LogP) is 3.20. The third-order valence-corrected chi connectivity index (χ3v) is 3.55. The predicted molar refractivity (Wildman–Crippen MR) is 76.4 cm³/mol. The van der Waals surface area contributed by atoms with E-state index < -0.39 is 0 Å². The van der Waals surface area contributed by atoms with Gasteiger partial charge in [-0.1, -0.05) is 29.8 Å². The van der Waals surface area contributed by atoms with Crippen molar-refractivity contribution in [3.05, 3.63) is 64.2 Å². The topological polar surface area (TPSA) is 41.1 Å². The second kappa shape index (κ2) is 5.03. The summed E-state index contributed by atoms with van der Waals surface area (Å²) in [4.78, 5) is 12.2. The summed E-state index contributed by atoms with van der Waals surface area (Å²) in [6.07, 6.45) is 0. The third kappa shape index (κ3) is 2.48. The van der Waals surface area contributed by atoms with Gasteiger partial charge in [-0.05, 0) is 35.4 Å². The molecule has 0 fully saturated rings. The second-order valence-electron chi connectivity index (χ2n) is 4.52. The molecule has 1 aliphatic rings. The average molecular weight is 273 g/mol. The molecule has 0 aromatic heterocycles.